The zero-order chi connectivity index (χ0) is 14.2. The van der Waals surface area contributed by atoms with Crippen LogP contribution in [0.1, 0.15) is 26.2 Å². The van der Waals surface area contributed by atoms with Crippen LogP contribution in [0.5, 0.6) is 0 Å². The molecule has 1 N–H and O–H groups in total. The molecule has 0 fully saturated rings. The quantitative estimate of drug-likeness (QED) is 0.599. The normalized spacial score (nSPS) is 10.8. The first-order valence-electron chi connectivity index (χ1n) is 6.96. The van der Waals surface area contributed by atoms with Crippen molar-refractivity contribution in [3.05, 3.63) is 29.3 Å². The maximum atomic E-state index is 5.57. The maximum Gasteiger partial charge on any atom is 0.195 e. The molecule has 0 aliphatic carbocycles. The molecule has 0 bridgehead atoms. The number of H-pyrrole nitrogens is 1. The van der Waals surface area contributed by atoms with Crippen molar-refractivity contribution in [2.24, 2.45) is 0 Å². The number of nitrogens with one attached hydrogen (secondary N) is 1. The third-order valence-electron chi connectivity index (χ3n) is 3.01. The van der Waals surface area contributed by atoms with E-state index >= 15 is 0 Å². The number of nitrogens with zero attached hydrogens (tertiary/aromatic N) is 3. The average Bonchev–Trinajstić information content (AvgIpc) is 2.85. The number of hydrogen-bond acceptors (Lipinski definition) is 4. The van der Waals surface area contributed by atoms with Crippen LogP contribution in [0, 0.1) is 4.77 Å². The van der Waals surface area contributed by atoms with Crippen LogP contribution in [0.4, 0.5) is 0 Å². The number of hydrogen-bond donors (Lipinski definition) is 1. The molecule has 2 rings (SSSR count). The van der Waals surface area contributed by atoms with Crippen molar-refractivity contribution in [1.29, 1.82) is 0 Å². The van der Waals surface area contributed by atoms with Crippen LogP contribution in [0.3, 0.4) is 0 Å². The fourth-order valence-corrected chi connectivity index (χ4v) is 2.14. The fraction of sp³-hybridized carbons (Fsp3) is 0.500. The number of aromatic nitrogens is 4. The van der Waals surface area contributed by atoms with Gasteiger partial charge in [-0.2, -0.15) is 5.10 Å². The summed E-state index contributed by atoms with van der Waals surface area (Å²) in [5.74, 6) is 0.853. The predicted octanol–water partition coefficient (Wildman–Crippen LogP) is 3.21. The zero-order valence-corrected chi connectivity index (χ0v) is 12.5. The van der Waals surface area contributed by atoms with E-state index in [2.05, 4.69) is 22.1 Å². The van der Waals surface area contributed by atoms with Crippen molar-refractivity contribution in [3.8, 4) is 11.4 Å². The minimum absolute atomic E-state index is 0.644. The molecule has 0 radical (unpaired) electrons. The highest BCUT2D eigenvalue weighted by Gasteiger charge is 2.07. The lowest BCUT2D eigenvalue weighted by Gasteiger charge is -2.07. The fourth-order valence-electron chi connectivity index (χ4n) is 1.92. The van der Waals surface area contributed by atoms with Gasteiger partial charge in [-0.25, -0.2) is 0 Å². The van der Waals surface area contributed by atoms with E-state index in [0.29, 0.717) is 4.77 Å². The summed E-state index contributed by atoms with van der Waals surface area (Å²) in [5.41, 5.74) is 1.01. The van der Waals surface area contributed by atoms with Gasteiger partial charge in [-0.05, 0) is 37.2 Å². The molecule has 2 aromatic rings. The second-order valence-corrected chi connectivity index (χ2v) is 4.95. The van der Waals surface area contributed by atoms with Gasteiger partial charge in [0, 0.05) is 37.7 Å². The third kappa shape index (κ3) is 3.98. The van der Waals surface area contributed by atoms with E-state index < -0.39 is 0 Å². The van der Waals surface area contributed by atoms with Crippen LogP contribution in [0.25, 0.3) is 11.4 Å². The molecule has 5 nitrogen and oxygen atoms in total. The van der Waals surface area contributed by atoms with Gasteiger partial charge in [0.25, 0.3) is 0 Å². The largest absolute Gasteiger partial charge is 0.381 e. The lowest BCUT2D eigenvalue weighted by Crippen LogP contribution is -2.05. The standard InChI is InChI=1S/C14H20N4OS/c1-2-3-10-19-11-4-9-18-13(16-17-14(18)20)12-5-7-15-8-6-12/h5-8H,2-4,9-11H2,1H3,(H,17,20). The molecule has 108 valence electrons. The second-order valence-electron chi connectivity index (χ2n) is 4.56. The second kappa shape index (κ2) is 7.91. The van der Waals surface area contributed by atoms with Gasteiger partial charge in [0.2, 0.25) is 0 Å². The highest BCUT2D eigenvalue weighted by atomic mass is 32.1. The smallest absolute Gasteiger partial charge is 0.195 e. The molecule has 0 aromatic carbocycles. The number of ether oxygens (including phenoxy) is 1. The summed E-state index contributed by atoms with van der Waals surface area (Å²) in [4.78, 5) is 4.02. The maximum absolute atomic E-state index is 5.57. The summed E-state index contributed by atoms with van der Waals surface area (Å²) in [6.45, 7) is 4.56. The van der Waals surface area contributed by atoms with Gasteiger partial charge in [0.1, 0.15) is 0 Å². The highest BCUT2D eigenvalue weighted by Crippen LogP contribution is 2.16. The third-order valence-corrected chi connectivity index (χ3v) is 3.32. The van der Waals surface area contributed by atoms with Gasteiger partial charge < -0.3 is 9.30 Å². The first kappa shape index (κ1) is 14.9. The van der Waals surface area contributed by atoms with Crippen molar-refractivity contribution in [3.63, 3.8) is 0 Å². The van der Waals surface area contributed by atoms with Gasteiger partial charge >= 0.3 is 0 Å². The van der Waals surface area contributed by atoms with Crippen LogP contribution in [-0.2, 0) is 11.3 Å². The molecule has 2 aromatic heterocycles. The Labute approximate surface area is 124 Å². The number of pyridine rings is 1. The van der Waals surface area contributed by atoms with Gasteiger partial charge in [-0.3, -0.25) is 10.1 Å². The lowest BCUT2D eigenvalue weighted by atomic mass is 10.2. The van der Waals surface area contributed by atoms with E-state index in [1.54, 1.807) is 12.4 Å². The molecule has 6 heteroatoms. The summed E-state index contributed by atoms with van der Waals surface area (Å²) in [7, 11) is 0. The Bertz CT molecular complexity index is 564. The monoisotopic (exact) mass is 292 g/mol. The van der Waals surface area contributed by atoms with Gasteiger partial charge in [0.05, 0.1) is 0 Å². The molecule has 0 aliphatic heterocycles. The van der Waals surface area contributed by atoms with E-state index in [0.717, 1.165) is 44.0 Å². The summed E-state index contributed by atoms with van der Waals surface area (Å²) >= 11 is 5.28. The highest BCUT2D eigenvalue weighted by molar-refractivity contribution is 7.71. The SMILES string of the molecule is CCCCOCCCn1c(-c2ccncc2)n[nH]c1=S. The molecule has 20 heavy (non-hydrogen) atoms. The molecule has 0 atom stereocenters. The van der Waals surface area contributed by atoms with E-state index in [1.165, 1.54) is 6.42 Å². The summed E-state index contributed by atoms with van der Waals surface area (Å²) in [6, 6.07) is 3.86. The Hall–Kier alpha value is -1.53. The van der Waals surface area contributed by atoms with E-state index in [-0.39, 0.29) is 0 Å². The van der Waals surface area contributed by atoms with Gasteiger partial charge in [-0.15, -0.1) is 0 Å². The molecule has 0 saturated carbocycles. The molecule has 0 spiro atoms. The minimum Gasteiger partial charge on any atom is -0.381 e. The van der Waals surface area contributed by atoms with Crippen molar-refractivity contribution in [2.75, 3.05) is 13.2 Å². The Morgan fingerprint density at radius 2 is 2.00 bits per heavy atom. The average molecular weight is 292 g/mol. The molecule has 2 heterocycles. The molecular weight excluding hydrogens is 272 g/mol. The predicted molar refractivity (Wildman–Crippen MR) is 81.0 cm³/mol. The lowest BCUT2D eigenvalue weighted by molar-refractivity contribution is 0.126. The summed E-state index contributed by atoms with van der Waals surface area (Å²) < 4.78 is 8.22. The van der Waals surface area contributed by atoms with Crippen molar-refractivity contribution >= 4 is 12.2 Å². The Balaban J connectivity index is 1.95. The Morgan fingerprint density at radius 3 is 2.75 bits per heavy atom. The first-order chi connectivity index (χ1) is 9.83. The minimum atomic E-state index is 0.644. The molecule has 0 unspecified atom stereocenters. The zero-order valence-electron chi connectivity index (χ0n) is 11.7. The molecule has 0 saturated heterocycles. The number of aromatic amines is 1. The van der Waals surface area contributed by atoms with Crippen LogP contribution in [0.15, 0.2) is 24.5 Å². The Kier molecular flexibility index (Phi) is 5.88. The number of rotatable bonds is 8. The van der Waals surface area contributed by atoms with E-state index in [1.807, 2.05) is 16.7 Å². The molecule has 0 aliphatic rings. The first-order valence-corrected chi connectivity index (χ1v) is 7.37. The van der Waals surface area contributed by atoms with E-state index in [4.69, 9.17) is 17.0 Å². The van der Waals surface area contributed by atoms with E-state index in [9.17, 15) is 0 Å². The number of unbranched alkanes of at least 4 members (excludes halogenated alkanes) is 1. The summed E-state index contributed by atoms with van der Waals surface area (Å²) in [6.07, 6.45) is 6.72. The van der Waals surface area contributed by atoms with Crippen LogP contribution in [0.2, 0.25) is 0 Å². The van der Waals surface area contributed by atoms with Crippen LogP contribution in [-0.4, -0.2) is 33.0 Å². The van der Waals surface area contributed by atoms with Crippen LogP contribution >= 0.6 is 12.2 Å². The summed E-state index contributed by atoms with van der Waals surface area (Å²) in [5, 5.41) is 7.14. The van der Waals surface area contributed by atoms with Crippen LogP contribution < -0.4 is 0 Å². The van der Waals surface area contributed by atoms with Crippen molar-refractivity contribution < 1.29 is 4.74 Å². The van der Waals surface area contributed by atoms with Gasteiger partial charge in [0.15, 0.2) is 10.6 Å². The van der Waals surface area contributed by atoms with Gasteiger partial charge in [-0.1, -0.05) is 13.3 Å². The Morgan fingerprint density at radius 1 is 1.25 bits per heavy atom. The van der Waals surface area contributed by atoms with Crippen molar-refractivity contribution in [2.45, 2.75) is 32.7 Å². The van der Waals surface area contributed by atoms with Crippen molar-refractivity contribution in [1.82, 2.24) is 19.7 Å². The molecular formula is C14H20N4OS. The topological polar surface area (TPSA) is 55.7 Å². The molecule has 0 amide bonds.